The van der Waals surface area contributed by atoms with Gasteiger partial charge in [0, 0.05) is 5.56 Å². The highest BCUT2D eigenvalue weighted by molar-refractivity contribution is 7.71. The van der Waals surface area contributed by atoms with Crippen molar-refractivity contribution in [3.8, 4) is 5.69 Å². The number of nitrogens with one attached hydrogen (secondary N) is 2. The molecule has 0 radical (unpaired) electrons. The van der Waals surface area contributed by atoms with Crippen molar-refractivity contribution in [1.82, 2.24) is 15.0 Å². The molecule has 7 heteroatoms. The molecule has 0 saturated heterocycles. The van der Waals surface area contributed by atoms with E-state index in [9.17, 15) is 9.59 Å². The number of aromatic amines is 1. The highest BCUT2D eigenvalue weighted by Crippen LogP contribution is 2.18. The number of aryl methyl sites for hydroxylation is 1. The van der Waals surface area contributed by atoms with Gasteiger partial charge in [0.25, 0.3) is 11.5 Å². The number of benzene rings is 3. The minimum absolute atomic E-state index is 0.236. The Bertz CT molecular complexity index is 1390. The SMILES string of the molecule is Cc1cccc(-n2c(=S)[nH]c3cc(C(=O)NOCc4ccccc4)ccc3c2=O)c1C. The third-order valence-electron chi connectivity index (χ3n) is 5.22. The van der Waals surface area contributed by atoms with E-state index in [0.717, 1.165) is 22.4 Å². The summed E-state index contributed by atoms with van der Waals surface area (Å²) in [4.78, 5) is 34.0. The molecule has 1 amide bonds. The average molecular weight is 432 g/mol. The molecule has 0 fully saturated rings. The zero-order valence-electron chi connectivity index (χ0n) is 17.1. The molecule has 0 unspecified atom stereocenters. The van der Waals surface area contributed by atoms with E-state index in [2.05, 4.69) is 10.5 Å². The van der Waals surface area contributed by atoms with Crippen LogP contribution in [0.3, 0.4) is 0 Å². The van der Waals surface area contributed by atoms with Crippen LogP contribution in [0.1, 0.15) is 27.0 Å². The highest BCUT2D eigenvalue weighted by atomic mass is 32.1. The molecule has 4 aromatic rings. The van der Waals surface area contributed by atoms with E-state index in [-0.39, 0.29) is 16.9 Å². The van der Waals surface area contributed by atoms with E-state index in [1.54, 1.807) is 18.2 Å². The lowest BCUT2D eigenvalue weighted by molar-refractivity contribution is 0.0233. The molecule has 0 aliphatic heterocycles. The number of amides is 1. The van der Waals surface area contributed by atoms with Crippen molar-refractivity contribution < 1.29 is 9.63 Å². The van der Waals surface area contributed by atoms with Gasteiger partial charge in [-0.2, -0.15) is 0 Å². The number of hydroxylamine groups is 1. The first kappa shape index (κ1) is 20.7. The fourth-order valence-corrected chi connectivity index (χ4v) is 3.67. The van der Waals surface area contributed by atoms with E-state index in [1.807, 2.05) is 62.4 Å². The fourth-order valence-electron chi connectivity index (χ4n) is 3.37. The van der Waals surface area contributed by atoms with Gasteiger partial charge < -0.3 is 4.98 Å². The second-order valence-corrected chi connectivity index (χ2v) is 7.64. The summed E-state index contributed by atoms with van der Waals surface area (Å²) in [5.41, 5.74) is 6.78. The molecule has 31 heavy (non-hydrogen) atoms. The Balaban J connectivity index is 1.63. The van der Waals surface area contributed by atoms with Gasteiger partial charge in [-0.1, -0.05) is 42.5 Å². The Labute approximate surface area is 184 Å². The minimum atomic E-state index is -0.407. The van der Waals surface area contributed by atoms with Gasteiger partial charge in [0.1, 0.15) is 0 Å². The van der Waals surface area contributed by atoms with Crippen molar-refractivity contribution in [3.63, 3.8) is 0 Å². The van der Waals surface area contributed by atoms with Gasteiger partial charge in [0.15, 0.2) is 4.77 Å². The molecule has 0 aliphatic carbocycles. The Morgan fingerprint density at radius 3 is 2.61 bits per heavy atom. The van der Waals surface area contributed by atoms with Crippen molar-refractivity contribution in [1.29, 1.82) is 0 Å². The van der Waals surface area contributed by atoms with Crippen LogP contribution in [0, 0.1) is 18.6 Å². The first-order valence-electron chi connectivity index (χ1n) is 9.77. The average Bonchev–Trinajstić information content (AvgIpc) is 2.77. The Kier molecular flexibility index (Phi) is 5.79. The lowest BCUT2D eigenvalue weighted by Crippen LogP contribution is -2.24. The number of nitrogens with zero attached hydrogens (tertiary/aromatic N) is 1. The number of carbonyl (C=O) groups excluding carboxylic acids is 1. The Hall–Kier alpha value is -3.55. The molecule has 0 saturated carbocycles. The van der Waals surface area contributed by atoms with Crippen LogP contribution in [0.25, 0.3) is 16.6 Å². The summed E-state index contributed by atoms with van der Waals surface area (Å²) in [6.07, 6.45) is 0. The second-order valence-electron chi connectivity index (χ2n) is 7.26. The molecule has 0 bridgehead atoms. The number of fused-ring (bicyclic) bond motifs is 1. The first-order valence-corrected chi connectivity index (χ1v) is 10.2. The molecule has 2 N–H and O–H groups in total. The summed E-state index contributed by atoms with van der Waals surface area (Å²) in [5.74, 6) is -0.407. The molecule has 1 aromatic heterocycles. The zero-order valence-corrected chi connectivity index (χ0v) is 18.0. The number of rotatable bonds is 5. The predicted octanol–water partition coefficient (Wildman–Crippen LogP) is 4.53. The first-order chi connectivity index (χ1) is 15.0. The summed E-state index contributed by atoms with van der Waals surface area (Å²) in [6.45, 7) is 4.20. The number of H-pyrrole nitrogens is 1. The van der Waals surface area contributed by atoms with Crippen molar-refractivity contribution in [2.75, 3.05) is 0 Å². The zero-order chi connectivity index (χ0) is 22.0. The van der Waals surface area contributed by atoms with Crippen LogP contribution in [0.5, 0.6) is 0 Å². The summed E-state index contributed by atoms with van der Waals surface area (Å²) < 4.78 is 1.76. The standard InChI is InChI=1S/C24H21N3O3S/c1-15-7-6-10-21(16(15)2)27-23(29)19-12-11-18(13-20(19)25-24(27)31)22(28)26-30-14-17-8-4-3-5-9-17/h3-13H,14H2,1-2H3,(H,25,31)(H,26,28). The number of hydrogen-bond donors (Lipinski definition) is 2. The normalized spacial score (nSPS) is 10.9. The van der Waals surface area contributed by atoms with E-state index in [0.29, 0.717) is 16.5 Å². The van der Waals surface area contributed by atoms with Gasteiger partial charge in [-0.15, -0.1) is 0 Å². The molecule has 3 aromatic carbocycles. The summed E-state index contributed by atoms with van der Waals surface area (Å²) in [5, 5.41) is 0.441. The van der Waals surface area contributed by atoms with Gasteiger partial charge in [0.2, 0.25) is 0 Å². The molecule has 156 valence electrons. The third-order valence-corrected chi connectivity index (χ3v) is 5.51. The van der Waals surface area contributed by atoms with Crippen LogP contribution < -0.4 is 11.0 Å². The number of carbonyl (C=O) groups is 1. The topological polar surface area (TPSA) is 76.1 Å². The highest BCUT2D eigenvalue weighted by Gasteiger charge is 2.13. The second kappa shape index (κ2) is 8.67. The monoisotopic (exact) mass is 431 g/mol. The number of aromatic nitrogens is 2. The predicted molar refractivity (Wildman–Crippen MR) is 123 cm³/mol. The molecule has 1 heterocycles. The molecule has 4 rings (SSSR count). The maximum atomic E-state index is 13.2. The maximum absolute atomic E-state index is 13.2. The quantitative estimate of drug-likeness (QED) is 0.360. The van der Waals surface area contributed by atoms with Crippen LogP contribution in [-0.4, -0.2) is 15.5 Å². The lowest BCUT2D eigenvalue weighted by Gasteiger charge is -2.13. The van der Waals surface area contributed by atoms with Crippen LogP contribution >= 0.6 is 12.2 Å². The molecule has 0 aliphatic rings. The van der Waals surface area contributed by atoms with Gasteiger partial charge in [-0.05, 0) is 67.0 Å². The molecular weight excluding hydrogens is 410 g/mol. The van der Waals surface area contributed by atoms with Gasteiger partial charge in [0.05, 0.1) is 23.2 Å². The van der Waals surface area contributed by atoms with Gasteiger partial charge >= 0.3 is 0 Å². The summed E-state index contributed by atoms with van der Waals surface area (Å²) in [6, 6.07) is 20.1. The van der Waals surface area contributed by atoms with Gasteiger partial charge in [-0.25, -0.2) is 5.48 Å². The van der Waals surface area contributed by atoms with E-state index >= 15 is 0 Å². The minimum Gasteiger partial charge on any atom is -0.331 e. The maximum Gasteiger partial charge on any atom is 0.274 e. The van der Waals surface area contributed by atoms with Crippen LogP contribution in [-0.2, 0) is 11.4 Å². The van der Waals surface area contributed by atoms with Crippen LogP contribution in [0.2, 0.25) is 0 Å². The number of hydrogen-bond acceptors (Lipinski definition) is 4. The smallest absolute Gasteiger partial charge is 0.274 e. The molecular formula is C24H21N3O3S. The van der Waals surface area contributed by atoms with Crippen molar-refractivity contribution >= 4 is 29.0 Å². The van der Waals surface area contributed by atoms with E-state index in [4.69, 9.17) is 17.1 Å². The fraction of sp³-hybridized carbons (Fsp3) is 0.125. The van der Waals surface area contributed by atoms with E-state index < -0.39 is 5.91 Å². The van der Waals surface area contributed by atoms with Crippen LogP contribution in [0.4, 0.5) is 0 Å². The van der Waals surface area contributed by atoms with Crippen molar-refractivity contribution in [2.45, 2.75) is 20.5 Å². The lowest BCUT2D eigenvalue weighted by atomic mass is 10.1. The summed E-state index contributed by atoms with van der Waals surface area (Å²) in [7, 11) is 0. The molecule has 6 nitrogen and oxygen atoms in total. The van der Waals surface area contributed by atoms with Gasteiger partial charge in [-0.3, -0.25) is 19.0 Å². The largest absolute Gasteiger partial charge is 0.331 e. The van der Waals surface area contributed by atoms with Crippen molar-refractivity contribution in [2.24, 2.45) is 0 Å². The summed E-state index contributed by atoms with van der Waals surface area (Å²) >= 11 is 5.47. The van der Waals surface area contributed by atoms with Crippen LogP contribution in [0.15, 0.2) is 71.5 Å². The molecule has 0 spiro atoms. The Morgan fingerprint density at radius 2 is 1.84 bits per heavy atom. The third kappa shape index (κ3) is 4.19. The van der Waals surface area contributed by atoms with E-state index in [1.165, 1.54) is 4.57 Å². The molecule has 0 atom stereocenters. The van der Waals surface area contributed by atoms with Crippen molar-refractivity contribution in [3.05, 3.63) is 104 Å². The Morgan fingerprint density at radius 1 is 1.06 bits per heavy atom.